The molecule has 2 aromatic carbocycles. The lowest BCUT2D eigenvalue weighted by molar-refractivity contribution is 0.0234. The molecule has 4 rings (SSSR count). The van der Waals surface area contributed by atoms with Gasteiger partial charge >= 0.3 is 0 Å². The molecule has 1 aliphatic heterocycles. The highest BCUT2D eigenvalue weighted by molar-refractivity contribution is 5.84. The average Bonchev–Trinajstić information content (AvgIpc) is 2.90. The van der Waals surface area contributed by atoms with E-state index in [2.05, 4.69) is 9.88 Å². The van der Waals surface area contributed by atoms with Crippen molar-refractivity contribution < 1.29 is 28.1 Å². The predicted octanol–water partition coefficient (Wildman–Crippen LogP) is 5.49. The van der Waals surface area contributed by atoms with Gasteiger partial charge in [-0.25, -0.2) is 13.2 Å². The number of halogens is 3. The number of methoxy groups -OCH3 is 1. The molecule has 1 aromatic heterocycles. The van der Waals surface area contributed by atoms with Crippen LogP contribution in [0, 0.1) is 29.8 Å². The molecule has 1 atom stereocenters. The highest BCUT2D eigenvalue weighted by atomic mass is 19.2. The zero-order chi connectivity index (χ0) is 26.6. The number of rotatable bonds is 10. The van der Waals surface area contributed by atoms with E-state index in [4.69, 9.17) is 4.74 Å². The lowest BCUT2D eigenvalue weighted by Gasteiger charge is -2.41. The van der Waals surface area contributed by atoms with Crippen molar-refractivity contribution in [1.29, 1.82) is 0 Å². The molecule has 0 aliphatic carbocycles. The summed E-state index contributed by atoms with van der Waals surface area (Å²) in [5.41, 5.74) is 2.76. The molecule has 200 valence electrons. The number of fused-ring (bicyclic) bond motifs is 1. The standard InChI is InChI=1S/C29H35F3N2O3/c1-19-17-33-25-6-5-21(37-2)16-22(25)27(19)26(36)7-8-29(18-35)9-12-34(13-10-29)11-3-4-20-14-23(30)28(32)24(31)15-20/h5-6,14-17,26,35-36H,3-4,7-13,18H2,1-2H3/t26-/m1/s1. The Kier molecular flexibility index (Phi) is 8.72. The Bertz CT molecular complexity index is 1210. The van der Waals surface area contributed by atoms with Crippen LogP contribution in [-0.4, -0.2) is 53.4 Å². The predicted molar refractivity (Wildman–Crippen MR) is 137 cm³/mol. The lowest BCUT2D eigenvalue weighted by Crippen LogP contribution is -2.42. The van der Waals surface area contributed by atoms with Crippen molar-refractivity contribution in [2.75, 3.05) is 33.4 Å². The van der Waals surface area contributed by atoms with Gasteiger partial charge in [-0.05, 0) is 118 Å². The summed E-state index contributed by atoms with van der Waals surface area (Å²) < 4.78 is 45.4. The SMILES string of the molecule is COc1ccc2ncc(C)c([C@H](O)CCC3(CO)CCN(CCCc4cc(F)c(F)c(F)c4)CC3)c2c1. The second-order valence-electron chi connectivity index (χ2n) is 10.3. The van der Waals surface area contributed by atoms with Crippen molar-refractivity contribution in [2.45, 2.75) is 51.6 Å². The number of hydrogen-bond acceptors (Lipinski definition) is 5. The van der Waals surface area contributed by atoms with E-state index in [1.165, 1.54) is 0 Å². The van der Waals surface area contributed by atoms with Crippen LogP contribution in [0.4, 0.5) is 13.2 Å². The fourth-order valence-electron chi connectivity index (χ4n) is 5.45. The molecule has 0 amide bonds. The fourth-order valence-corrected chi connectivity index (χ4v) is 5.45. The number of aliphatic hydroxyl groups excluding tert-OH is 2. The number of benzene rings is 2. The van der Waals surface area contributed by atoms with E-state index in [0.29, 0.717) is 37.0 Å². The number of aromatic nitrogens is 1. The van der Waals surface area contributed by atoms with Crippen molar-refractivity contribution in [1.82, 2.24) is 9.88 Å². The molecule has 5 nitrogen and oxygen atoms in total. The zero-order valence-electron chi connectivity index (χ0n) is 21.4. The van der Waals surface area contributed by atoms with Crippen molar-refractivity contribution in [3.05, 3.63) is 70.7 Å². The van der Waals surface area contributed by atoms with Gasteiger partial charge in [0.25, 0.3) is 0 Å². The Hall–Kier alpha value is -2.68. The van der Waals surface area contributed by atoms with Crippen LogP contribution in [-0.2, 0) is 6.42 Å². The smallest absolute Gasteiger partial charge is 0.194 e. The van der Waals surface area contributed by atoms with Gasteiger partial charge in [0, 0.05) is 18.2 Å². The Morgan fingerprint density at radius 2 is 1.81 bits per heavy atom. The van der Waals surface area contributed by atoms with Gasteiger partial charge in [-0.15, -0.1) is 0 Å². The maximum atomic E-state index is 13.4. The second kappa shape index (κ2) is 11.8. The topological polar surface area (TPSA) is 65.8 Å². The van der Waals surface area contributed by atoms with Gasteiger partial charge in [0.05, 0.1) is 18.7 Å². The van der Waals surface area contributed by atoms with Crippen molar-refractivity contribution in [3.63, 3.8) is 0 Å². The molecule has 1 fully saturated rings. The number of piperidine rings is 1. The molecule has 0 unspecified atom stereocenters. The van der Waals surface area contributed by atoms with E-state index in [1.807, 2.05) is 25.1 Å². The Labute approximate surface area is 215 Å². The maximum Gasteiger partial charge on any atom is 0.194 e. The van der Waals surface area contributed by atoms with Gasteiger partial charge in [-0.3, -0.25) is 4.98 Å². The maximum absolute atomic E-state index is 13.4. The third kappa shape index (κ3) is 6.25. The molecule has 0 radical (unpaired) electrons. The normalized spacial score (nSPS) is 16.7. The van der Waals surface area contributed by atoms with Crippen LogP contribution in [0.25, 0.3) is 10.9 Å². The molecule has 1 aliphatic rings. The van der Waals surface area contributed by atoms with Crippen LogP contribution in [0.15, 0.2) is 36.5 Å². The first kappa shape index (κ1) is 27.4. The van der Waals surface area contributed by atoms with E-state index < -0.39 is 23.6 Å². The van der Waals surface area contributed by atoms with Gasteiger partial charge in [0.2, 0.25) is 0 Å². The number of aliphatic hydroxyl groups is 2. The molecule has 2 N–H and O–H groups in total. The summed E-state index contributed by atoms with van der Waals surface area (Å²) in [4.78, 5) is 6.76. The highest BCUT2D eigenvalue weighted by Gasteiger charge is 2.34. The quantitative estimate of drug-likeness (QED) is 0.349. The zero-order valence-corrected chi connectivity index (χ0v) is 21.4. The first-order chi connectivity index (χ1) is 17.7. The summed E-state index contributed by atoms with van der Waals surface area (Å²) in [5, 5.41) is 22.4. The number of hydrogen-bond donors (Lipinski definition) is 2. The van der Waals surface area contributed by atoms with E-state index in [9.17, 15) is 23.4 Å². The summed E-state index contributed by atoms with van der Waals surface area (Å²) in [7, 11) is 1.61. The first-order valence-electron chi connectivity index (χ1n) is 12.8. The van der Waals surface area contributed by atoms with Crippen LogP contribution in [0.2, 0.25) is 0 Å². The minimum absolute atomic E-state index is 0.0611. The van der Waals surface area contributed by atoms with Crippen LogP contribution >= 0.6 is 0 Å². The fraction of sp³-hybridized carbons (Fsp3) is 0.483. The summed E-state index contributed by atoms with van der Waals surface area (Å²) >= 11 is 0. The van der Waals surface area contributed by atoms with Crippen LogP contribution in [0.1, 0.15) is 54.9 Å². The number of pyridine rings is 1. The second-order valence-corrected chi connectivity index (χ2v) is 10.3. The number of nitrogens with zero attached hydrogens (tertiary/aromatic N) is 2. The summed E-state index contributed by atoms with van der Waals surface area (Å²) in [6.07, 6.45) is 5.09. The molecular weight excluding hydrogens is 481 g/mol. The molecule has 37 heavy (non-hydrogen) atoms. The van der Waals surface area contributed by atoms with Crippen LogP contribution < -0.4 is 4.74 Å². The Morgan fingerprint density at radius 1 is 1.11 bits per heavy atom. The third-order valence-electron chi connectivity index (χ3n) is 7.83. The highest BCUT2D eigenvalue weighted by Crippen LogP contribution is 2.39. The van der Waals surface area contributed by atoms with Gasteiger partial charge in [0.1, 0.15) is 5.75 Å². The average molecular weight is 517 g/mol. The van der Waals surface area contributed by atoms with Crippen LogP contribution in [0.5, 0.6) is 5.75 Å². The largest absolute Gasteiger partial charge is 0.497 e. The molecule has 3 aromatic rings. The Balaban J connectivity index is 1.32. The Morgan fingerprint density at radius 3 is 2.46 bits per heavy atom. The molecule has 8 heteroatoms. The molecule has 0 bridgehead atoms. The minimum Gasteiger partial charge on any atom is -0.497 e. The number of aryl methyl sites for hydroxylation is 2. The summed E-state index contributed by atoms with van der Waals surface area (Å²) in [5.74, 6) is -3.03. The van der Waals surface area contributed by atoms with E-state index >= 15 is 0 Å². The molecule has 2 heterocycles. The summed E-state index contributed by atoms with van der Waals surface area (Å²) in [6.45, 7) is 4.37. The monoisotopic (exact) mass is 516 g/mol. The molecule has 0 saturated carbocycles. The van der Waals surface area contributed by atoms with E-state index in [-0.39, 0.29) is 12.0 Å². The molecule has 0 spiro atoms. The van der Waals surface area contributed by atoms with E-state index in [1.54, 1.807) is 13.3 Å². The minimum atomic E-state index is -1.43. The third-order valence-corrected chi connectivity index (χ3v) is 7.83. The van der Waals surface area contributed by atoms with Crippen molar-refractivity contribution in [3.8, 4) is 5.75 Å². The number of likely N-dealkylation sites (tertiary alicyclic amines) is 1. The van der Waals surface area contributed by atoms with Gasteiger partial charge < -0.3 is 19.8 Å². The van der Waals surface area contributed by atoms with Crippen molar-refractivity contribution >= 4 is 10.9 Å². The number of ether oxygens (including phenoxy) is 1. The van der Waals surface area contributed by atoms with Gasteiger partial charge in [0.15, 0.2) is 17.5 Å². The van der Waals surface area contributed by atoms with E-state index in [0.717, 1.165) is 66.6 Å². The molecule has 1 saturated heterocycles. The first-order valence-corrected chi connectivity index (χ1v) is 12.8. The van der Waals surface area contributed by atoms with Crippen LogP contribution in [0.3, 0.4) is 0 Å². The van der Waals surface area contributed by atoms with Crippen molar-refractivity contribution in [2.24, 2.45) is 5.41 Å². The molecular formula is C29H35F3N2O3. The van der Waals surface area contributed by atoms with Gasteiger partial charge in [-0.2, -0.15) is 0 Å². The summed E-state index contributed by atoms with van der Waals surface area (Å²) in [6, 6.07) is 7.76. The van der Waals surface area contributed by atoms with Gasteiger partial charge in [-0.1, -0.05) is 0 Å². The lowest BCUT2D eigenvalue weighted by atomic mass is 9.74.